The van der Waals surface area contributed by atoms with Crippen LogP contribution in [0.25, 0.3) is 0 Å². The van der Waals surface area contributed by atoms with Crippen molar-refractivity contribution >= 4 is 17.3 Å². The van der Waals surface area contributed by atoms with Crippen LogP contribution < -0.4 is 10.1 Å². The summed E-state index contributed by atoms with van der Waals surface area (Å²) in [5.74, 6) is -0.259. The van der Waals surface area contributed by atoms with Crippen LogP contribution in [0.4, 0.5) is 11.4 Å². The molecule has 0 fully saturated rings. The third kappa shape index (κ3) is 4.38. The largest absolute Gasteiger partial charge is 0.473 e. The number of anilines is 1. The van der Waals surface area contributed by atoms with Gasteiger partial charge >= 0.3 is 0 Å². The normalized spacial score (nSPS) is 10.2. The molecule has 0 aliphatic heterocycles. The number of nitrogens with one attached hydrogen (secondary N) is 1. The Bertz CT molecular complexity index is 931. The molecule has 0 bridgehead atoms. The second kappa shape index (κ2) is 7.84. The molecule has 1 amide bonds. The summed E-state index contributed by atoms with van der Waals surface area (Å²) in [6, 6.07) is 16.6. The second-order valence-electron chi connectivity index (χ2n) is 5.28. The molecule has 2 aromatic carbocycles. The summed E-state index contributed by atoms with van der Waals surface area (Å²) in [4.78, 5) is 30.5. The predicted molar refractivity (Wildman–Crippen MR) is 93.9 cm³/mol. The van der Waals surface area contributed by atoms with Gasteiger partial charge in [0, 0.05) is 23.9 Å². The monoisotopic (exact) mass is 350 g/mol. The molecule has 0 unspecified atom stereocenters. The van der Waals surface area contributed by atoms with E-state index in [0.717, 1.165) is 5.56 Å². The van der Waals surface area contributed by atoms with Crippen LogP contribution in [-0.2, 0) is 6.61 Å². The van der Waals surface area contributed by atoms with E-state index in [9.17, 15) is 14.9 Å². The van der Waals surface area contributed by atoms with Gasteiger partial charge in [-0.05, 0) is 11.6 Å². The molecule has 8 heteroatoms. The molecule has 0 spiro atoms. The quantitative estimate of drug-likeness (QED) is 0.540. The minimum absolute atomic E-state index is 0.0922. The van der Waals surface area contributed by atoms with Crippen molar-refractivity contribution in [3.63, 3.8) is 0 Å². The molecule has 0 atom stereocenters. The molecular formula is C18H14N4O4. The number of nitrogens with zero attached hydrogens (tertiary/aromatic N) is 3. The van der Waals surface area contributed by atoms with E-state index in [1.807, 2.05) is 30.3 Å². The van der Waals surface area contributed by atoms with Crippen molar-refractivity contribution in [3.05, 3.63) is 88.4 Å². The van der Waals surface area contributed by atoms with Gasteiger partial charge in [0.15, 0.2) is 0 Å². The highest BCUT2D eigenvalue weighted by Crippen LogP contribution is 2.18. The van der Waals surface area contributed by atoms with Crippen molar-refractivity contribution in [1.82, 2.24) is 9.97 Å². The number of nitro benzene ring substituents is 1. The molecule has 8 nitrogen and oxygen atoms in total. The molecule has 0 aliphatic carbocycles. The molecule has 26 heavy (non-hydrogen) atoms. The predicted octanol–water partition coefficient (Wildman–Crippen LogP) is 3.22. The third-order valence-corrected chi connectivity index (χ3v) is 3.42. The zero-order chi connectivity index (χ0) is 18.4. The molecule has 3 rings (SSSR count). The SMILES string of the molecule is O=C(Nc1cccc([N+](=O)[O-])c1)c1cc(OCc2ccccc2)ncn1. The fourth-order valence-corrected chi connectivity index (χ4v) is 2.17. The van der Waals surface area contributed by atoms with Crippen molar-refractivity contribution in [3.8, 4) is 5.88 Å². The summed E-state index contributed by atoms with van der Waals surface area (Å²) in [6.07, 6.45) is 1.22. The number of carbonyl (C=O) groups excluding carboxylic acids is 1. The molecule has 130 valence electrons. The van der Waals surface area contributed by atoms with E-state index in [1.54, 1.807) is 6.07 Å². The highest BCUT2D eigenvalue weighted by atomic mass is 16.6. The van der Waals surface area contributed by atoms with Crippen molar-refractivity contribution in [2.75, 3.05) is 5.32 Å². The van der Waals surface area contributed by atoms with Crippen LogP contribution in [0.3, 0.4) is 0 Å². The van der Waals surface area contributed by atoms with Gasteiger partial charge in [0.2, 0.25) is 5.88 Å². The van der Waals surface area contributed by atoms with E-state index in [4.69, 9.17) is 4.74 Å². The van der Waals surface area contributed by atoms with Gasteiger partial charge in [0.25, 0.3) is 11.6 Å². The van der Waals surface area contributed by atoms with E-state index in [-0.39, 0.29) is 17.3 Å². The number of nitro groups is 1. The number of amides is 1. The lowest BCUT2D eigenvalue weighted by atomic mass is 10.2. The molecule has 0 radical (unpaired) electrons. The molecule has 0 aliphatic rings. The molecule has 3 aromatic rings. The first-order valence-electron chi connectivity index (χ1n) is 7.66. The van der Waals surface area contributed by atoms with Crippen molar-refractivity contribution < 1.29 is 14.5 Å². The number of rotatable bonds is 6. The molecule has 1 heterocycles. The Balaban J connectivity index is 1.68. The van der Waals surface area contributed by atoms with Gasteiger partial charge < -0.3 is 10.1 Å². The van der Waals surface area contributed by atoms with Crippen molar-refractivity contribution in [2.24, 2.45) is 0 Å². The highest BCUT2D eigenvalue weighted by Gasteiger charge is 2.12. The minimum atomic E-state index is -0.532. The standard InChI is InChI=1S/C18H14N4O4/c23-18(21-14-7-4-8-15(9-14)22(24)25)16-10-17(20-12-19-16)26-11-13-5-2-1-3-6-13/h1-10,12H,11H2,(H,21,23). The van der Waals surface area contributed by atoms with Crippen LogP contribution in [0.2, 0.25) is 0 Å². The summed E-state index contributed by atoms with van der Waals surface area (Å²) in [7, 11) is 0. The highest BCUT2D eigenvalue weighted by molar-refractivity contribution is 6.03. The van der Waals surface area contributed by atoms with Crippen LogP contribution in [0.1, 0.15) is 16.1 Å². The fraction of sp³-hybridized carbons (Fsp3) is 0.0556. The number of ether oxygens (including phenoxy) is 1. The lowest BCUT2D eigenvalue weighted by Crippen LogP contribution is -2.14. The van der Waals surface area contributed by atoms with Crippen molar-refractivity contribution in [1.29, 1.82) is 0 Å². The van der Waals surface area contributed by atoms with Gasteiger partial charge in [-0.1, -0.05) is 36.4 Å². The number of non-ortho nitro benzene ring substituents is 1. The zero-order valence-corrected chi connectivity index (χ0v) is 13.5. The van der Waals surface area contributed by atoms with E-state index >= 15 is 0 Å². The third-order valence-electron chi connectivity index (χ3n) is 3.42. The maximum Gasteiger partial charge on any atom is 0.274 e. The molecule has 1 aromatic heterocycles. The minimum Gasteiger partial charge on any atom is -0.473 e. The topological polar surface area (TPSA) is 107 Å². The Kier molecular flexibility index (Phi) is 5.14. The summed E-state index contributed by atoms with van der Waals surface area (Å²) in [5, 5.41) is 13.4. The number of carbonyl (C=O) groups is 1. The summed E-state index contributed by atoms with van der Waals surface area (Å²) in [5.41, 5.74) is 1.25. The molecule has 0 saturated carbocycles. The smallest absolute Gasteiger partial charge is 0.274 e. The summed E-state index contributed by atoms with van der Waals surface area (Å²) >= 11 is 0. The van der Waals surface area contributed by atoms with E-state index in [1.165, 1.54) is 30.6 Å². The zero-order valence-electron chi connectivity index (χ0n) is 13.5. The maximum absolute atomic E-state index is 12.3. The van der Waals surface area contributed by atoms with E-state index < -0.39 is 10.8 Å². The average molecular weight is 350 g/mol. The summed E-state index contributed by atoms with van der Waals surface area (Å²) < 4.78 is 5.56. The van der Waals surface area contributed by atoms with Gasteiger partial charge in [0.05, 0.1) is 4.92 Å². The van der Waals surface area contributed by atoms with Crippen molar-refractivity contribution in [2.45, 2.75) is 6.61 Å². The van der Waals surface area contributed by atoms with Crippen LogP contribution in [0, 0.1) is 10.1 Å². The van der Waals surface area contributed by atoms with Gasteiger partial charge in [-0.15, -0.1) is 0 Å². The van der Waals surface area contributed by atoms with Gasteiger partial charge in [-0.3, -0.25) is 14.9 Å². The Morgan fingerprint density at radius 3 is 2.65 bits per heavy atom. The first-order chi connectivity index (χ1) is 12.6. The molecule has 1 N–H and O–H groups in total. The van der Waals surface area contributed by atoms with Gasteiger partial charge in [0.1, 0.15) is 18.6 Å². The summed E-state index contributed by atoms with van der Waals surface area (Å²) in [6.45, 7) is 0.309. The second-order valence-corrected chi connectivity index (χ2v) is 5.28. The maximum atomic E-state index is 12.3. The Hall–Kier alpha value is -3.81. The molecule has 0 saturated heterocycles. The average Bonchev–Trinajstić information content (AvgIpc) is 2.67. The van der Waals surface area contributed by atoms with Gasteiger partial charge in [-0.2, -0.15) is 0 Å². The lowest BCUT2D eigenvalue weighted by Gasteiger charge is -2.07. The number of hydrogen-bond acceptors (Lipinski definition) is 6. The van der Waals surface area contributed by atoms with E-state index in [2.05, 4.69) is 15.3 Å². The Morgan fingerprint density at radius 2 is 1.88 bits per heavy atom. The van der Waals surface area contributed by atoms with Crippen LogP contribution in [0.15, 0.2) is 67.0 Å². The lowest BCUT2D eigenvalue weighted by molar-refractivity contribution is -0.384. The van der Waals surface area contributed by atoms with Crippen LogP contribution in [-0.4, -0.2) is 20.8 Å². The Morgan fingerprint density at radius 1 is 1.08 bits per heavy atom. The fourth-order valence-electron chi connectivity index (χ4n) is 2.17. The number of benzene rings is 2. The first kappa shape index (κ1) is 17.0. The van der Waals surface area contributed by atoms with Gasteiger partial charge in [-0.25, -0.2) is 9.97 Å². The number of hydrogen-bond donors (Lipinski definition) is 1. The first-order valence-corrected chi connectivity index (χ1v) is 7.66. The number of aromatic nitrogens is 2. The Labute approximate surface area is 148 Å². The van der Waals surface area contributed by atoms with Crippen LogP contribution >= 0.6 is 0 Å². The van der Waals surface area contributed by atoms with Crippen LogP contribution in [0.5, 0.6) is 5.88 Å². The van der Waals surface area contributed by atoms with E-state index in [0.29, 0.717) is 12.3 Å². The molecular weight excluding hydrogens is 336 g/mol.